The van der Waals surface area contributed by atoms with Crippen molar-refractivity contribution >= 4 is 47.3 Å². The molecular weight excluding hydrogens is 871 g/mol. The molecule has 68 heavy (non-hydrogen) atoms. The fourth-order valence-electron chi connectivity index (χ4n) is 8.06. The van der Waals surface area contributed by atoms with Crippen LogP contribution in [-0.2, 0) is 44.7 Å². The maximum Gasteiger partial charge on any atom is 0.407 e. The van der Waals surface area contributed by atoms with E-state index < -0.39 is 71.2 Å². The van der Waals surface area contributed by atoms with E-state index in [2.05, 4.69) is 37.2 Å². The number of carbonyl (C=O) groups excluding carboxylic acids is 8. The molecule has 0 spiro atoms. The molecule has 0 radical (unpaired) electrons. The smallest absolute Gasteiger partial charge is 0.407 e. The molecule has 7 amide bonds. The number of aliphatic hydroxyl groups is 1. The Bertz CT molecular complexity index is 1760. The van der Waals surface area contributed by atoms with Crippen LogP contribution in [0.25, 0.3) is 0 Å². The first-order valence-corrected chi connectivity index (χ1v) is 24.6. The van der Waals surface area contributed by atoms with Gasteiger partial charge in [0.05, 0.1) is 25.8 Å². The van der Waals surface area contributed by atoms with Crippen molar-refractivity contribution in [3.05, 3.63) is 35.9 Å². The van der Waals surface area contributed by atoms with E-state index in [0.717, 1.165) is 24.8 Å². The Labute approximate surface area is 406 Å². The van der Waals surface area contributed by atoms with E-state index >= 15 is 0 Å². The van der Waals surface area contributed by atoms with Gasteiger partial charge in [-0.1, -0.05) is 112 Å². The second kappa shape index (κ2) is 31.1. The van der Waals surface area contributed by atoms with Crippen molar-refractivity contribution in [2.45, 2.75) is 159 Å². The van der Waals surface area contributed by atoms with Crippen LogP contribution in [0.5, 0.6) is 0 Å². The van der Waals surface area contributed by atoms with Gasteiger partial charge in [-0.05, 0) is 75.2 Å². The number of hydrogen-bond acceptors (Lipinski definition) is 10. The first-order chi connectivity index (χ1) is 31.8. The highest BCUT2D eigenvalue weighted by Crippen LogP contribution is 2.43. The monoisotopic (exact) mass is 958 g/mol. The molecule has 1 rings (SSSR count). The number of nitrogens with one attached hydrogen (secondary N) is 7. The molecule has 8 N–H and O–H groups in total. The Morgan fingerprint density at radius 1 is 0.662 bits per heavy atom. The van der Waals surface area contributed by atoms with Gasteiger partial charge in [-0.2, -0.15) is 0 Å². The number of carbonyl (C=O) groups is 8. The molecule has 0 aliphatic rings. The Hall–Kier alpha value is -5.06. The van der Waals surface area contributed by atoms with Crippen molar-refractivity contribution < 1.29 is 48.2 Å². The lowest BCUT2D eigenvalue weighted by molar-refractivity contribution is -0.142. The number of alkyl carbamates (subject to hydrolysis) is 1. The minimum atomic E-state index is -1.12. The highest BCUT2D eigenvalue weighted by atomic mass is 16.5. The molecule has 0 bridgehead atoms. The third-order valence-electron chi connectivity index (χ3n) is 12.2. The van der Waals surface area contributed by atoms with E-state index in [4.69, 9.17) is 4.74 Å². The van der Waals surface area contributed by atoms with E-state index in [1.54, 1.807) is 26.0 Å². The Kier molecular flexibility index (Phi) is 27.9. The summed E-state index contributed by atoms with van der Waals surface area (Å²) in [6.45, 7) is 22.6. The fourth-order valence-corrected chi connectivity index (χ4v) is 8.06. The van der Waals surface area contributed by atoms with Crippen LogP contribution < -0.4 is 37.2 Å². The average Bonchev–Trinajstić information content (AvgIpc) is 3.25. The summed E-state index contributed by atoms with van der Waals surface area (Å²) in [6, 6.07) is 6.92. The van der Waals surface area contributed by atoms with Crippen LogP contribution in [0.4, 0.5) is 4.79 Å². The van der Waals surface area contributed by atoms with Gasteiger partial charge >= 0.3 is 6.09 Å². The van der Waals surface area contributed by atoms with Gasteiger partial charge in [-0.3, -0.25) is 28.8 Å². The van der Waals surface area contributed by atoms with Crippen LogP contribution in [-0.4, -0.2) is 110 Å². The summed E-state index contributed by atoms with van der Waals surface area (Å²) < 4.78 is 5.30. The summed E-state index contributed by atoms with van der Waals surface area (Å²) in [4.78, 5) is 105. The molecule has 0 saturated heterocycles. The van der Waals surface area contributed by atoms with E-state index in [0.29, 0.717) is 32.4 Å². The third kappa shape index (κ3) is 24.3. The zero-order valence-electron chi connectivity index (χ0n) is 43.2. The first-order valence-electron chi connectivity index (χ1n) is 24.6. The number of Topliss-reactive ketones (excluding diaryl/α,β-unsaturated/α-hetero) is 1. The van der Waals surface area contributed by atoms with Gasteiger partial charge < -0.3 is 51.9 Å². The Balaban J connectivity index is 2.85. The van der Waals surface area contributed by atoms with Crippen molar-refractivity contribution in [3.8, 4) is 0 Å². The number of benzene rings is 1. The molecule has 17 heteroatoms. The van der Waals surface area contributed by atoms with E-state index in [1.165, 1.54) is 6.92 Å². The van der Waals surface area contributed by atoms with E-state index in [9.17, 15) is 43.5 Å². The molecule has 0 aromatic heterocycles. The summed E-state index contributed by atoms with van der Waals surface area (Å²) in [5, 5.41) is 29.1. The first kappa shape index (κ1) is 61.0. The van der Waals surface area contributed by atoms with E-state index in [-0.39, 0.29) is 80.2 Å². The summed E-state index contributed by atoms with van der Waals surface area (Å²) in [5.41, 5.74) is -1.28. The standard InChI is InChI=1S/C51H87N7O10/c1-33(2)24-41(45(63)54-29-43(61)52-22-18-13-14-19-23-53-49(67)68-31-40(35(5)6)25-37(9)59)58-46(64)42(26-39-20-16-15-17-21-39)57-44(62)30-56-48(66)51(12,36(7)8)32-50(11,27-34(3)4)47(65)55-28-38(10)60/h15-17,20-21,33-36,38,40-42,60H,13-14,18-19,22-32H2,1-12H3,(H,52,61)(H,53,67)(H,54,63)(H,55,65)(H,56,66)(H,57,62)(H,58,64)/t38?,40-,41-,42-,50?,51?/m0/s1. The molecule has 0 heterocycles. The van der Waals surface area contributed by atoms with Crippen LogP contribution in [0.2, 0.25) is 0 Å². The number of ketones is 1. The quantitative estimate of drug-likeness (QED) is 0.0450. The molecule has 0 saturated carbocycles. The topological polar surface area (TPSA) is 250 Å². The molecule has 0 aliphatic heterocycles. The van der Waals surface area contributed by atoms with Gasteiger partial charge in [0.1, 0.15) is 17.9 Å². The maximum absolute atomic E-state index is 14.0. The molecule has 1 aromatic carbocycles. The molecule has 3 unspecified atom stereocenters. The van der Waals surface area contributed by atoms with Crippen LogP contribution in [0.15, 0.2) is 30.3 Å². The van der Waals surface area contributed by atoms with Gasteiger partial charge in [0, 0.05) is 49.2 Å². The van der Waals surface area contributed by atoms with Crippen molar-refractivity contribution in [2.75, 3.05) is 39.3 Å². The second-order valence-corrected chi connectivity index (χ2v) is 20.6. The lowest BCUT2D eigenvalue weighted by atomic mass is 9.64. The highest BCUT2D eigenvalue weighted by molar-refractivity contribution is 5.95. The summed E-state index contributed by atoms with van der Waals surface area (Å²) in [6.07, 6.45) is 3.16. The third-order valence-corrected chi connectivity index (χ3v) is 12.2. The minimum Gasteiger partial charge on any atom is -0.449 e. The number of hydrogen-bond donors (Lipinski definition) is 8. The number of aliphatic hydroxyl groups excluding tert-OH is 1. The normalized spacial score (nSPS) is 15.0. The summed E-state index contributed by atoms with van der Waals surface area (Å²) >= 11 is 0. The highest BCUT2D eigenvalue weighted by Gasteiger charge is 2.46. The largest absolute Gasteiger partial charge is 0.449 e. The number of rotatable bonds is 33. The SMILES string of the molecule is CC(=O)C[C@@H](COC(=O)NCCCCCCNC(=O)CNC(=O)[C@H](CC(C)C)NC(=O)[C@H](Cc1ccccc1)NC(=O)CNC(=O)C(C)(CC(C)(CC(C)C)C(=O)NCC(C)O)C(C)C)C(C)C. The summed E-state index contributed by atoms with van der Waals surface area (Å²) in [5.74, 6) is -2.75. The predicted octanol–water partition coefficient (Wildman–Crippen LogP) is 4.73. The average molecular weight is 958 g/mol. The van der Waals surface area contributed by atoms with E-state index in [1.807, 2.05) is 80.5 Å². The van der Waals surface area contributed by atoms with Gasteiger partial charge in [0.2, 0.25) is 35.4 Å². The molecular formula is C51H87N7O10. The fraction of sp³-hybridized carbons (Fsp3) is 0.725. The number of amides is 7. The Morgan fingerprint density at radius 3 is 1.81 bits per heavy atom. The molecule has 0 fully saturated rings. The maximum atomic E-state index is 14.0. The van der Waals surface area contributed by atoms with Crippen LogP contribution in [0.1, 0.15) is 140 Å². The number of ether oxygens (including phenoxy) is 1. The van der Waals surface area contributed by atoms with Crippen LogP contribution in [0, 0.1) is 40.4 Å². The Morgan fingerprint density at radius 2 is 1.26 bits per heavy atom. The van der Waals surface area contributed by atoms with Gasteiger partial charge in [0.15, 0.2) is 0 Å². The van der Waals surface area contributed by atoms with Gasteiger partial charge in [0.25, 0.3) is 0 Å². The minimum absolute atomic E-state index is 0.0185. The zero-order valence-corrected chi connectivity index (χ0v) is 43.2. The molecule has 1 aromatic rings. The van der Waals surface area contributed by atoms with Gasteiger partial charge in [-0.25, -0.2) is 4.79 Å². The van der Waals surface area contributed by atoms with Crippen molar-refractivity contribution in [1.82, 2.24) is 37.2 Å². The summed E-state index contributed by atoms with van der Waals surface area (Å²) in [7, 11) is 0. The predicted molar refractivity (Wildman–Crippen MR) is 264 cm³/mol. The molecule has 0 aliphatic carbocycles. The second-order valence-electron chi connectivity index (χ2n) is 20.6. The van der Waals surface area contributed by atoms with Crippen LogP contribution >= 0.6 is 0 Å². The van der Waals surface area contributed by atoms with Crippen molar-refractivity contribution in [2.24, 2.45) is 40.4 Å². The van der Waals surface area contributed by atoms with Crippen molar-refractivity contribution in [1.29, 1.82) is 0 Å². The zero-order chi connectivity index (χ0) is 51.6. The lowest BCUT2D eigenvalue weighted by Gasteiger charge is -2.41. The lowest BCUT2D eigenvalue weighted by Crippen LogP contribution is -2.56. The van der Waals surface area contributed by atoms with Crippen molar-refractivity contribution in [3.63, 3.8) is 0 Å². The van der Waals surface area contributed by atoms with Crippen LogP contribution in [0.3, 0.4) is 0 Å². The number of unbranched alkanes of at least 4 members (excludes halogenated alkanes) is 3. The molecule has 6 atom stereocenters. The van der Waals surface area contributed by atoms with Gasteiger partial charge in [-0.15, -0.1) is 0 Å². The molecule has 17 nitrogen and oxygen atoms in total. The molecule has 386 valence electrons.